The summed E-state index contributed by atoms with van der Waals surface area (Å²) >= 11 is 0. The second kappa shape index (κ2) is 4.63. The molecule has 0 amide bonds. The molecule has 0 aliphatic carbocycles. The van der Waals surface area contributed by atoms with Crippen LogP contribution in [0.3, 0.4) is 0 Å². The van der Waals surface area contributed by atoms with Gasteiger partial charge in [0.25, 0.3) is 10.1 Å². The average Bonchev–Trinajstić information content (AvgIpc) is 2.42. The molecule has 0 saturated carbocycles. The Balaban J connectivity index is 2.36. The third-order valence-electron chi connectivity index (χ3n) is 2.16. The topological polar surface area (TPSA) is 98.2 Å². The number of hydrogen-bond donors (Lipinski definition) is 2. The van der Waals surface area contributed by atoms with Gasteiger partial charge in [0.1, 0.15) is 0 Å². The van der Waals surface area contributed by atoms with E-state index < -0.39 is 10.1 Å². The summed E-state index contributed by atoms with van der Waals surface area (Å²) in [6.45, 7) is 2.46. The standard InChI is InChI=1S/C8H15N3O3S/c1-7-8(9)6-10-11(7)4-2-3-5-15(12,13)14/h6H,2-5,9H2,1H3,(H,12,13,14). The van der Waals surface area contributed by atoms with Gasteiger partial charge in [0.2, 0.25) is 0 Å². The molecule has 1 rings (SSSR count). The van der Waals surface area contributed by atoms with Crippen molar-refractivity contribution in [3.8, 4) is 0 Å². The molecule has 0 fully saturated rings. The first-order valence-corrected chi connectivity index (χ1v) is 6.24. The third kappa shape index (κ3) is 3.88. The van der Waals surface area contributed by atoms with Crippen LogP contribution in [0.15, 0.2) is 6.20 Å². The molecule has 1 aromatic heterocycles. The molecule has 0 spiro atoms. The van der Waals surface area contributed by atoms with Crippen molar-refractivity contribution in [2.24, 2.45) is 0 Å². The summed E-state index contributed by atoms with van der Waals surface area (Å²) in [5.41, 5.74) is 7.10. The van der Waals surface area contributed by atoms with Gasteiger partial charge in [-0.3, -0.25) is 9.23 Å². The van der Waals surface area contributed by atoms with Crippen LogP contribution in [0.5, 0.6) is 0 Å². The SMILES string of the molecule is Cc1c(N)cnn1CCCCS(=O)(=O)O. The fourth-order valence-corrected chi connectivity index (χ4v) is 1.80. The van der Waals surface area contributed by atoms with Crippen LogP contribution in [-0.2, 0) is 16.7 Å². The number of unbranched alkanes of at least 4 members (excludes halogenated alkanes) is 1. The summed E-state index contributed by atoms with van der Waals surface area (Å²) in [5.74, 6) is -0.206. The minimum absolute atomic E-state index is 0.206. The predicted octanol–water partition coefficient (Wildman–Crippen LogP) is 0.442. The number of aryl methyl sites for hydroxylation is 1. The van der Waals surface area contributed by atoms with E-state index in [2.05, 4.69) is 5.10 Å². The van der Waals surface area contributed by atoms with Crippen molar-refractivity contribution in [2.45, 2.75) is 26.3 Å². The normalized spacial score (nSPS) is 11.9. The Morgan fingerprint density at radius 3 is 2.67 bits per heavy atom. The number of aromatic nitrogens is 2. The van der Waals surface area contributed by atoms with Crippen LogP contribution in [0.25, 0.3) is 0 Å². The molecule has 0 aliphatic rings. The molecule has 0 saturated heterocycles. The molecule has 1 heterocycles. The zero-order valence-corrected chi connectivity index (χ0v) is 9.37. The molecule has 6 nitrogen and oxygen atoms in total. The van der Waals surface area contributed by atoms with E-state index in [1.165, 1.54) is 0 Å². The van der Waals surface area contributed by atoms with E-state index >= 15 is 0 Å². The van der Waals surface area contributed by atoms with Gasteiger partial charge in [-0.15, -0.1) is 0 Å². The summed E-state index contributed by atoms with van der Waals surface area (Å²) in [6.07, 6.45) is 2.62. The summed E-state index contributed by atoms with van der Waals surface area (Å²) in [5, 5.41) is 4.03. The minimum Gasteiger partial charge on any atom is -0.396 e. The maximum atomic E-state index is 10.4. The highest BCUT2D eigenvalue weighted by Crippen LogP contribution is 2.09. The molecule has 0 aliphatic heterocycles. The zero-order chi connectivity index (χ0) is 11.5. The first kappa shape index (κ1) is 12.0. The number of nitrogens with two attached hydrogens (primary N) is 1. The van der Waals surface area contributed by atoms with Crippen molar-refractivity contribution in [2.75, 3.05) is 11.5 Å². The summed E-state index contributed by atoms with van der Waals surface area (Å²) < 4.78 is 31.1. The van der Waals surface area contributed by atoms with Crippen molar-refractivity contribution >= 4 is 15.8 Å². The van der Waals surface area contributed by atoms with Crippen molar-refractivity contribution in [1.29, 1.82) is 0 Å². The number of rotatable bonds is 5. The molecule has 3 N–H and O–H groups in total. The monoisotopic (exact) mass is 233 g/mol. The molecular formula is C8H15N3O3S. The van der Waals surface area contributed by atoms with E-state index in [1.54, 1.807) is 10.9 Å². The van der Waals surface area contributed by atoms with Crippen LogP contribution < -0.4 is 5.73 Å². The van der Waals surface area contributed by atoms with Crippen LogP contribution in [0.1, 0.15) is 18.5 Å². The Morgan fingerprint density at radius 2 is 2.20 bits per heavy atom. The molecule has 0 atom stereocenters. The number of hydrogen-bond acceptors (Lipinski definition) is 4. The van der Waals surface area contributed by atoms with Gasteiger partial charge in [-0.05, 0) is 19.8 Å². The van der Waals surface area contributed by atoms with Crippen LogP contribution in [0.4, 0.5) is 5.69 Å². The highest BCUT2D eigenvalue weighted by Gasteiger charge is 2.05. The highest BCUT2D eigenvalue weighted by atomic mass is 32.2. The van der Waals surface area contributed by atoms with Gasteiger partial charge in [0.15, 0.2) is 0 Å². The summed E-state index contributed by atoms with van der Waals surface area (Å²) in [6, 6.07) is 0. The fourth-order valence-electron chi connectivity index (χ4n) is 1.23. The average molecular weight is 233 g/mol. The second-order valence-corrected chi connectivity index (χ2v) is 4.97. The van der Waals surface area contributed by atoms with Gasteiger partial charge < -0.3 is 5.73 Å². The molecule has 0 bridgehead atoms. The van der Waals surface area contributed by atoms with Crippen LogP contribution in [0, 0.1) is 6.92 Å². The van der Waals surface area contributed by atoms with Gasteiger partial charge in [-0.25, -0.2) is 0 Å². The largest absolute Gasteiger partial charge is 0.396 e. The fraction of sp³-hybridized carbons (Fsp3) is 0.625. The zero-order valence-electron chi connectivity index (χ0n) is 8.55. The van der Waals surface area contributed by atoms with E-state index in [9.17, 15) is 8.42 Å². The molecule has 0 unspecified atom stereocenters. The van der Waals surface area contributed by atoms with Gasteiger partial charge in [0.05, 0.1) is 23.3 Å². The number of nitrogens with zero attached hydrogens (tertiary/aromatic N) is 2. The van der Waals surface area contributed by atoms with E-state index in [1.807, 2.05) is 6.92 Å². The maximum absolute atomic E-state index is 10.4. The Kier molecular flexibility index (Phi) is 3.70. The lowest BCUT2D eigenvalue weighted by Crippen LogP contribution is -2.07. The van der Waals surface area contributed by atoms with Crippen LogP contribution in [-0.4, -0.2) is 28.5 Å². The lowest BCUT2D eigenvalue weighted by atomic mass is 10.3. The summed E-state index contributed by atoms with van der Waals surface area (Å²) in [4.78, 5) is 0. The summed E-state index contributed by atoms with van der Waals surface area (Å²) in [7, 11) is -3.84. The van der Waals surface area contributed by atoms with Crippen molar-refractivity contribution < 1.29 is 13.0 Å². The van der Waals surface area contributed by atoms with Gasteiger partial charge in [-0.1, -0.05) is 0 Å². The minimum atomic E-state index is -3.84. The smallest absolute Gasteiger partial charge is 0.264 e. The van der Waals surface area contributed by atoms with Crippen LogP contribution >= 0.6 is 0 Å². The van der Waals surface area contributed by atoms with Gasteiger partial charge in [0, 0.05) is 6.54 Å². The quantitative estimate of drug-likeness (QED) is 0.568. The number of anilines is 1. The Hall–Kier alpha value is -1.08. The molecule has 86 valence electrons. The lowest BCUT2D eigenvalue weighted by Gasteiger charge is -2.03. The molecule has 1 aromatic rings. The van der Waals surface area contributed by atoms with Gasteiger partial charge >= 0.3 is 0 Å². The third-order valence-corrected chi connectivity index (χ3v) is 2.97. The van der Waals surface area contributed by atoms with E-state index in [0.717, 1.165) is 5.69 Å². The molecule has 7 heteroatoms. The van der Waals surface area contributed by atoms with Crippen molar-refractivity contribution in [3.05, 3.63) is 11.9 Å². The second-order valence-electron chi connectivity index (χ2n) is 3.40. The molecule has 15 heavy (non-hydrogen) atoms. The first-order chi connectivity index (χ1) is 6.90. The predicted molar refractivity (Wildman–Crippen MR) is 57.0 cm³/mol. The van der Waals surface area contributed by atoms with Crippen molar-refractivity contribution in [1.82, 2.24) is 9.78 Å². The Labute approximate surface area is 88.8 Å². The molecular weight excluding hydrogens is 218 g/mol. The Bertz CT molecular complexity index is 424. The first-order valence-electron chi connectivity index (χ1n) is 4.63. The van der Waals surface area contributed by atoms with E-state index in [4.69, 9.17) is 10.3 Å². The molecule has 0 radical (unpaired) electrons. The maximum Gasteiger partial charge on any atom is 0.264 e. The molecule has 0 aromatic carbocycles. The van der Waals surface area contributed by atoms with E-state index in [-0.39, 0.29) is 5.75 Å². The van der Waals surface area contributed by atoms with E-state index in [0.29, 0.717) is 25.1 Å². The lowest BCUT2D eigenvalue weighted by molar-refractivity contribution is 0.476. The highest BCUT2D eigenvalue weighted by molar-refractivity contribution is 7.85. The Morgan fingerprint density at radius 1 is 1.53 bits per heavy atom. The number of nitrogen functional groups attached to an aromatic ring is 1. The van der Waals surface area contributed by atoms with Crippen LogP contribution in [0.2, 0.25) is 0 Å². The van der Waals surface area contributed by atoms with Gasteiger partial charge in [-0.2, -0.15) is 13.5 Å². The van der Waals surface area contributed by atoms with Crippen molar-refractivity contribution in [3.63, 3.8) is 0 Å².